The van der Waals surface area contributed by atoms with Gasteiger partial charge in [-0.05, 0) is 58.2 Å². The molecule has 1 aromatic heterocycles. The molecule has 0 spiro atoms. The van der Waals surface area contributed by atoms with Crippen LogP contribution in [0, 0.1) is 0 Å². The molecule has 0 bridgehead atoms. The Morgan fingerprint density at radius 1 is 1.21 bits per heavy atom. The van der Waals surface area contributed by atoms with Crippen LogP contribution < -0.4 is 5.06 Å². The summed E-state index contributed by atoms with van der Waals surface area (Å²) in [6.07, 6.45) is 4.99. The number of anilines is 1. The normalized spacial score (nSPS) is 20.9. The lowest BCUT2D eigenvalue weighted by Gasteiger charge is -2.39. The van der Waals surface area contributed by atoms with Gasteiger partial charge in [-0.1, -0.05) is 28.4 Å². The fourth-order valence-electron chi connectivity index (χ4n) is 3.84. The van der Waals surface area contributed by atoms with Gasteiger partial charge in [-0.25, -0.2) is 9.75 Å². The number of rotatable bonds is 6. The number of hydrogen-bond acceptors (Lipinski definition) is 9. The zero-order valence-corrected chi connectivity index (χ0v) is 21.0. The second-order valence-corrected chi connectivity index (χ2v) is 10.0. The molecule has 2 atom stereocenters. The summed E-state index contributed by atoms with van der Waals surface area (Å²) in [4.78, 5) is 25.0. The molecular weight excluding hydrogens is 485 g/mol. The maximum Gasteiger partial charge on any atom is 0.326 e. The number of halogens is 2. The van der Waals surface area contributed by atoms with E-state index in [1.54, 1.807) is 24.4 Å². The smallest absolute Gasteiger partial charge is 0.326 e. The highest BCUT2D eigenvalue weighted by molar-refractivity contribution is 6.31. The summed E-state index contributed by atoms with van der Waals surface area (Å²) in [5.74, 6) is -0.376. The van der Waals surface area contributed by atoms with Crippen molar-refractivity contribution in [3.05, 3.63) is 34.6 Å². The van der Waals surface area contributed by atoms with Crippen molar-refractivity contribution in [2.24, 2.45) is 0 Å². The van der Waals surface area contributed by atoms with Gasteiger partial charge in [0.15, 0.2) is 18.6 Å². The van der Waals surface area contributed by atoms with Gasteiger partial charge in [0.1, 0.15) is 11.6 Å². The van der Waals surface area contributed by atoms with Crippen molar-refractivity contribution < 1.29 is 23.9 Å². The molecule has 2 aromatic rings. The number of nitrogens with zero attached hydrogens (tertiary/aromatic N) is 5. The van der Waals surface area contributed by atoms with Gasteiger partial charge < -0.3 is 9.47 Å². The highest BCUT2D eigenvalue weighted by atomic mass is 35.5. The third-order valence-electron chi connectivity index (χ3n) is 5.39. The van der Waals surface area contributed by atoms with Crippen molar-refractivity contribution >= 4 is 34.9 Å². The van der Waals surface area contributed by atoms with E-state index in [9.17, 15) is 4.79 Å². The summed E-state index contributed by atoms with van der Waals surface area (Å²) in [6, 6.07) is 4.57. The van der Waals surface area contributed by atoms with Gasteiger partial charge in [0.2, 0.25) is 0 Å². The Hall–Kier alpha value is -1.95. The zero-order chi connectivity index (χ0) is 24.3. The standard InChI is InChI=1S/C22H29Cl2N5O5/c1-22(2,3)34-21(30)19(11-16-6-4-5-9-31-16)29-14-32-28(13-33-29)18-10-15(23)7-8-17(18)27-12-20(24)25-26-27/h7-8,10,12,16,19H,4-6,9,11,13-14H2,1-3H3. The third kappa shape index (κ3) is 6.38. The lowest BCUT2D eigenvalue weighted by molar-refractivity contribution is -0.288. The average Bonchev–Trinajstić information content (AvgIpc) is 3.23. The predicted octanol–water partition coefficient (Wildman–Crippen LogP) is 4.14. The molecule has 0 N–H and O–H groups in total. The number of aromatic nitrogens is 3. The Bertz CT molecular complexity index is 984. The van der Waals surface area contributed by atoms with Crippen LogP contribution in [0.5, 0.6) is 0 Å². The van der Waals surface area contributed by atoms with E-state index >= 15 is 0 Å². The van der Waals surface area contributed by atoms with Crippen molar-refractivity contribution in [3.8, 4) is 5.69 Å². The summed E-state index contributed by atoms with van der Waals surface area (Å²) >= 11 is 12.2. The van der Waals surface area contributed by atoms with Gasteiger partial charge in [0.05, 0.1) is 23.7 Å². The second-order valence-electron chi connectivity index (χ2n) is 9.20. The Labute approximate surface area is 208 Å². The van der Waals surface area contributed by atoms with Gasteiger partial charge in [-0.2, -0.15) is 0 Å². The van der Waals surface area contributed by atoms with Crippen LogP contribution in [0.1, 0.15) is 46.5 Å². The molecule has 12 heteroatoms. The van der Waals surface area contributed by atoms with E-state index in [-0.39, 0.29) is 30.7 Å². The van der Waals surface area contributed by atoms with Crippen LogP contribution in [0.2, 0.25) is 10.2 Å². The number of hydroxylamine groups is 3. The topological polar surface area (TPSA) is 91.2 Å². The molecule has 2 fully saturated rings. The number of ether oxygens (including phenoxy) is 2. The molecule has 0 aliphatic carbocycles. The van der Waals surface area contributed by atoms with E-state index < -0.39 is 11.6 Å². The summed E-state index contributed by atoms with van der Waals surface area (Å²) < 4.78 is 13.1. The van der Waals surface area contributed by atoms with Gasteiger partial charge in [-0.15, -0.1) is 10.2 Å². The van der Waals surface area contributed by atoms with E-state index in [1.165, 1.54) is 14.8 Å². The monoisotopic (exact) mass is 513 g/mol. The molecule has 4 rings (SSSR count). The van der Waals surface area contributed by atoms with Crippen LogP contribution in [0.3, 0.4) is 0 Å². The highest BCUT2D eigenvalue weighted by Crippen LogP contribution is 2.31. The van der Waals surface area contributed by atoms with E-state index in [4.69, 9.17) is 42.4 Å². The van der Waals surface area contributed by atoms with Crippen LogP contribution in [-0.2, 0) is 23.9 Å². The number of hydrogen-bond donors (Lipinski definition) is 0. The molecule has 0 amide bonds. The first kappa shape index (κ1) is 25.2. The first-order chi connectivity index (χ1) is 16.2. The van der Waals surface area contributed by atoms with Crippen molar-refractivity contribution in [2.45, 2.75) is 64.2 Å². The molecule has 2 aliphatic rings. The molecule has 2 unspecified atom stereocenters. The fraction of sp³-hybridized carbons (Fsp3) is 0.591. The molecule has 0 radical (unpaired) electrons. The van der Waals surface area contributed by atoms with Gasteiger partial charge in [0.25, 0.3) is 0 Å². The summed E-state index contributed by atoms with van der Waals surface area (Å²) in [7, 11) is 0. The lowest BCUT2D eigenvalue weighted by Crippen LogP contribution is -2.53. The molecule has 186 valence electrons. The van der Waals surface area contributed by atoms with E-state index in [0.717, 1.165) is 19.3 Å². The molecule has 2 aliphatic heterocycles. The second kappa shape index (κ2) is 10.8. The fourth-order valence-corrected chi connectivity index (χ4v) is 4.13. The summed E-state index contributed by atoms with van der Waals surface area (Å²) in [5, 5.41) is 11.7. The first-order valence-corrected chi connectivity index (χ1v) is 12.0. The molecule has 10 nitrogen and oxygen atoms in total. The number of esters is 1. The van der Waals surface area contributed by atoms with Crippen LogP contribution in [0.4, 0.5) is 5.69 Å². The minimum Gasteiger partial charge on any atom is -0.459 e. The highest BCUT2D eigenvalue weighted by Gasteiger charge is 2.37. The summed E-state index contributed by atoms with van der Waals surface area (Å²) in [5.41, 5.74) is 0.638. The van der Waals surface area contributed by atoms with Crippen molar-refractivity contribution in [2.75, 3.05) is 25.1 Å². The maximum absolute atomic E-state index is 13.1. The Morgan fingerprint density at radius 3 is 2.65 bits per heavy atom. The predicted molar refractivity (Wildman–Crippen MR) is 125 cm³/mol. The molecule has 0 saturated carbocycles. The number of carbonyl (C=O) groups is 1. The largest absolute Gasteiger partial charge is 0.459 e. The molecule has 1 aromatic carbocycles. The van der Waals surface area contributed by atoms with Gasteiger partial charge in [-0.3, -0.25) is 14.5 Å². The van der Waals surface area contributed by atoms with E-state index in [1.807, 2.05) is 20.8 Å². The van der Waals surface area contributed by atoms with Crippen LogP contribution in [-0.4, -0.2) is 63.8 Å². The van der Waals surface area contributed by atoms with Crippen molar-refractivity contribution in [3.63, 3.8) is 0 Å². The van der Waals surface area contributed by atoms with Gasteiger partial charge in [0, 0.05) is 18.1 Å². The lowest BCUT2D eigenvalue weighted by atomic mass is 10.0. The first-order valence-electron chi connectivity index (χ1n) is 11.2. The summed E-state index contributed by atoms with van der Waals surface area (Å²) in [6.45, 7) is 6.23. The minimum atomic E-state index is -0.669. The minimum absolute atomic E-state index is 0.000691. The quantitative estimate of drug-likeness (QED) is 0.528. The average molecular weight is 514 g/mol. The maximum atomic E-state index is 13.1. The number of benzene rings is 1. The van der Waals surface area contributed by atoms with Gasteiger partial charge >= 0.3 is 5.97 Å². The molecular formula is C22H29Cl2N5O5. The Kier molecular flexibility index (Phi) is 7.96. The molecule has 34 heavy (non-hydrogen) atoms. The zero-order valence-electron chi connectivity index (χ0n) is 19.4. The van der Waals surface area contributed by atoms with Crippen LogP contribution in [0.25, 0.3) is 5.69 Å². The molecule has 2 saturated heterocycles. The SMILES string of the molecule is CC(C)(C)OC(=O)C(CC1CCCCO1)N1CON(c2cc(Cl)ccc2-n2cc(Cl)nn2)CO1. The number of carbonyl (C=O) groups excluding carboxylic acids is 1. The van der Waals surface area contributed by atoms with Crippen molar-refractivity contribution in [1.29, 1.82) is 0 Å². The Morgan fingerprint density at radius 2 is 2.03 bits per heavy atom. The third-order valence-corrected chi connectivity index (χ3v) is 5.79. The van der Waals surface area contributed by atoms with Crippen LogP contribution in [0.15, 0.2) is 24.4 Å². The molecule has 3 heterocycles. The van der Waals surface area contributed by atoms with Crippen LogP contribution >= 0.6 is 23.2 Å². The Balaban J connectivity index is 1.49. The van der Waals surface area contributed by atoms with E-state index in [2.05, 4.69) is 10.3 Å². The van der Waals surface area contributed by atoms with E-state index in [0.29, 0.717) is 29.4 Å². The van der Waals surface area contributed by atoms with Crippen molar-refractivity contribution in [1.82, 2.24) is 20.1 Å².